The number of nitrogens with one attached hydrogen (secondary N) is 1. The molecule has 0 bridgehead atoms. The van der Waals surface area contributed by atoms with Crippen molar-refractivity contribution < 1.29 is 4.39 Å². The second-order valence-electron chi connectivity index (χ2n) is 3.16. The Morgan fingerprint density at radius 2 is 2.00 bits per heavy atom. The van der Waals surface area contributed by atoms with Crippen molar-refractivity contribution in [2.75, 3.05) is 12.4 Å². The van der Waals surface area contributed by atoms with Crippen LogP contribution in [0, 0.1) is 5.82 Å². The van der Waals surface area contributed by atoms with Crippen LogP contribution >= 0.6 is 11.6 Å². The van der Waals surface area contributed by atoms with Gasteiger partial charge in [-0.05, 0) is 25.5 Å². The van der Waals surface area contributed by atoms with Crippen LogP contribution in [0.15, 0.2) is 24.3 Å². The lowest BCUT2D eigenvalue weighted by Gasteiger charge is -2.04. The smallest absolute Gasteiger partial charge is 0.127 e. The number of unbranched alkanes of at least 4 members (excludes halogenated alkanes) is 1. The average Bonchev–Trinajstić information content (AvgIpc) is 2.20. The van der Waals surface area contributed by atoms with E-state index in [2.05, 4.69) is 5.32 Å². The summed E-state index contributed by atoms with van der Waals surface area (Å²) in [7, 11) is 0. The van der Waals surface area contributed by atoms with E-state index in [1.165, 1.54) is 6.07 Å². The van der Waals surface area contributed by atoms with Crippen LogP contribution in [0.4, 0.5) is 4.39 Å². The SMILES string of the molecule is Fc1ccccc1CNCCCCCl. The molecule has 0 aliphatic carbocycles. The molecular formula is C11H15ClFN. The van der Waals surface area contributed by atoms with Gasteiger partial charge in [-0.25, -0.2) is 4.39 Å². The van der Waals surface area contributed by atoms with Crippen molar-refractivity contribution in [2.45, 2.75) is 19.4 Å². The molecule has 0 saturated carbocycles. The van der Waals surface area contributed by atoms with Crippen molar-refractivity contribution in [3.05, 3.63) is 35.6 Å². The fourth-order valence-corrected chi connectivity index (χ4v) is 1.40. The largest absolute Gasteiger partial charge is 0.313 e. The Balaban J connectivity index is 2.21. The molecular weight excluding hydrogens is 201 g/mol. The molecule has 1 aromatic carbocycles. The van der Waals surface area contributed by atoms with Crippen LogP contribution in [0.1, 0.15) is 18.4 Å². The minimum Gasteiger partial charge on any atom is -0.313 e. The molecule has 0 fully saturated rings. The monoisotopic (exact) mass is 215 g/mol. The van der Waals surface area contributed by atoms with Crippen LogP contribution in [0.5, 0.6) is 0 Å². The summed E-state index contributed by atoms with van der Waals surface area (Å²) in [5.74, 6) is 0.554. The van der Waals surface area contributed by atoms with Crippen molar-refractivity contribution in [1.29, 1.82) is 0 Å². The third-order valence-corrected chi connectivity index (χ3v) is 2.28. The molecule has 14 heavy (non-hydrogen) atoms. The van der Waals surface area contributed by atoms with Crippen LogP contribution in [-0.4, -0.2) is 12.4 Å². The maximum absolute atomic E-state index is 13.1. The highest BCUT2D eigenvalue weighted by Gasteiger charge is 1.98. The molecule has 0 aliphatic rings. The summed E-state index contributed by atoms with van der Waals surface area (Å²) in [4.78, 5) is 0. The fraction of sp³-hybridized carbons (Fsp3) is 0.455. The summed E-state index contributed by atoms with van der Waals surface area (Å²) in [6.07, 6.45) is 2.05. The van der Waals surface area contributed by atoms with E-state index in [1.54, 1.807) is 12.1 Å². The van der Waals surface area contributed by atoms with E-state index in [4.69, 9.17) is 11.6 Å². The van der Waals surface area contributed by atoms with Crippen LogP contribution < -0.4 is 5.32 Å². The number of rotatable bonds is 6. The Hall–Kier alpha value is -0.600. The lowest BCUT2D eigenvalue weighted by Crippen LogP contribution is -2.15. The van der Waals surface area contributed by atoms with Crippen molar-refractivity contribution in [1.82, 2.24) is 5.32 Å². The fourth-order valence-electron chi connectivity index (χ4n) is 1.21. The quantitative estimate of drug-likeness (QED) is 0.569. The first-order valence-corrected chi connectivity index (χ1v) is 5.38. The second kappa shape index (κ2) is 6.80. The number of hydrogen-bond donors (Lipinski definition) is 1. The molecule has 0 heterocycles. The zero-order valence-electron chi connectivity index (χ0n) is 8.10. The van der Waals surface area contributed by atoms with E-state index in [0.717, 1.165) is 24.9 Å². The van der Waals surface area contributed by atoms with Gasteiger partial charge >= 0.3 is 0 Å². The normalized spacial score (nSPS) is 10.4. The zero-order chi connectivity index (χ0) is 10.2. The van der Waals surface area contributed by atoms with Gasteiger partial charge in [0.25, 0.3) is 0 Å². The highest BCUT2D eigenvalue weighted by molar-refractivity contribution is 6.17. The first-order valence-electron chi connectivity index (χ1n) is 4.84. The van der Waals surface area contributed by atoms with Crippen molar-refractivity contribution in [3.63, 3.8) is 0 Å². The maximum Gasteiger partial charge on any atom is 0.127 e. The Labute approximate surface area is 89.3 Å². The highest BCUT2D eigenvalue weighted by atomic mass is 35.5. The van der Waals surface area contributed by atoms with Crippen molar-refractivity contribution in [2.24, 2.45) is 0 Å². The molecule has 0 unspecified atom stereocenters. The van der Waals surface area contributed by atoms with Gasteiger partial charge in [-0.3, -0.25) is 0 Å². The molecule has 1 nitrogen and oxygen atoms in total. The summed E-state index contributed by atoms with van der Waals surface area (Å²) in [6.45, 7) is 1.48. The van der Waals surface area contributed by atoms with Gasteiger partial charge in [-0.2, -0.15) is 0 Å². The van der Waals surface area contributed by atoms with E-state index in [9.17, 15) is 4.39 Å². The highest BCUT2D eigenvalue weighted by Crippen LogP contribution is 2.05. The first-order chi connectivity index (χ1) is 6.84. The Bertz CT molecular complexity index is 265. The first kappa shape index (κ1) is 11.5. The van der Waals surface area contributed by atoms with E-state index in [0.29, 0.717) is 12.4 Å². The maximum atomic E-state index is 13.1. The Morgan fingerprint density at radius 1 is 1.21 bits per heavy atom. The standard InChI is InChI=1S/C11H15ClFN/c12-7-3-4-8-14-9-10-5-1-2-6-11(10)13/h1-2,5-6,14H,3-4,7-9H2. The molecule has 0 amide bonds. The van der Waals surface area contributed by atoms with Gasteiger partial charge < -0.3 is 5.32 Å². The molecule has 1 aromatic rings. The molecule has 0 radical (unpaired) electrons. The molecule has 0 spiro atoms. The van der Waals surface area contributed by atoms with Gasteiger partial charge in [0, 0.05) is 18.0 Å². The van der Waals surface area contributed by atoms with Gasteiger partial charge in [0.2, 0.25) is 0 Å². The second-order valence-corrected chi connectivity index (χ2v) is 3.54. The average molecular weight is 216 g/mol. The molecule has 0 saturated heterocycles. The summed E-state index contributed by atoms with van der Waals surface area (Å²) < 4.78 is 13.1. The minimum absolute atomic E-state index is 0.141. The topological polar surface area (TPSA) is 12.0 Å². The number of benzene rings is 1. The number of alkyl halides is 1. The number of halogens is 2. The predicted molar refractivity (Wildman–Crippen MR) is 58.1 cm³/mol. The third-order valence-electron chi connectivity index (χ3n) is 2.01. The molecule has 0 aliphatic heterocycles. The van der Waals surface area contributed by atoms with Crippen LogP contribution in [0.25, 0.3) is 0 Å². The van der Waals surface area contributed by atoms with E-state index in [-0.39, 0.29) is 5.82 Å². The molecule has 0 atom stereocenters. The van der Waals surface area contributed by atoms with Gasteiger partial charge in [0.05, 0.1) is 0 Å². The lowest BCUT2D eigenvalue weighted by molar-refractivity contribution is 0.580. The minimum atomic E-state index is -0.141. The van der Waals surface area contributed by atoms with Crippen LogP contribution in [0.2, 0.25) is 0 Å². The van der Waals surface area contributed by atoms with E-state index in [1.807, 2.05) is 6.07 Å². The molecule has 78 valence electrons. The lowest BCUT2D eigenvalue weighted by atomic mass is 10.2. The summed E-state index contributed by atoms with van der Waals surface area (Å²) in [5, 5.41) is 3.18. The van der Waals surface area contributed by atoms with Gasteiger partial charge in [-0.1, -0.05) is 18.2 Å². The Morgan fingerprint density at radius 3 is 2.71 bits per heavy atom. The molecule has 1 rings (SSSR count). The predicted octanol–water partition coefficient (Wildman–Crippen LogP) is 2.93. The molecule has 1 N–H and O–H groups in total. The van der Waals surface area contributed by atoms with E-state index < -0.39 is 0 Å². The van der Waals surface area contributed by atoms with Crippen LogP contribution in [0.3, 0.4) is 0 Å². The summed E-state index contributed by atoms with van der Waals surface area (Å²) in [6, 6.07) is 6.82. The van der Waals surface area contributed by atoms with Gasteiger partial charge in [0.15, 0.2) is 0 Å². The van der Waals surface area contributed by atoms with Gasteiger partial charge in [0.1, 0.15) is 5.82 Å². The third kappa shape index (κ3) is 4.07. The summed E-state index contributed by atoms with van der Waals surface area (Å²) >= 11 is 5.53. The van der Waals surface area contributed by atoms with Gasteiger partial charge in [-0.15, -0.1) is 11.6 Å². The Kier molecular flexibility index (Phi) is 5.57. The molecule has 3 heteroatoms. The van der Waals surface area contributed by atoms with Crippen molar-refractivity contribution >= 4 is 11.6 Å². The van der Waals surface area contributed by atoms with Crippen molar-refractivity contribution in [3.8, 4) is 0 Å². The molecule has 0 aromatic heterocycles. The van der Waals surface area contributed by atoms with E-state index >= 15 is 0 Å². The van der Waals surface area contributed by atoms with Crippen LogP contribution in [-0.2, 0) is 6.54 Å². The summed E-state index contributed by atoms with van der Waals surface area (Å²) in [5.41, 5.74) is 0.721. The number of hydrogen-bond acceptors (Lipinski definition) is 1. The zero-order valence-corrected chi connectivity index (χ0v) is 8.86.